The molecule has 1 amide bonds. The van der Waals surface area contributed by atoms with Crippen molar-refractivity contribution in [3.63, 3.8) is 0 Å². The van der Waals surface area contributed by atoms with Gasteiger partial charge in [-0.05, 0) is 30.3 Å². The zero-order valence-electron chi connectivity index (χ0n) is 15.0. The van der Waals surface area contributed by atoms with Crippen LogP contribution in [0.25, 0.3) is 23.2 Å². The summed E-state index contributed by atoms with van der Waals surface area (Å²) in [6.07, 6.45) is 4.93. The van der Waals surface area contributed by atoms with Gasteiger partial charge in [-0.25, -0.2) is 4.68 Å². The number of hydrogen-bond acceptors (Lipinski definition) is 6. The van der Waals surface area contributed by atoms with Crippen LogP contribution in [0.5, 0.6) is 0 Å². The zero-order chi connectivity index (χ0) is 20.4. The van der Waals surface area contributed by atoms with Crippen molar-refractivity contribution in [2.75, 3.05) is 6.54 Å². The molecule has 0 bridgehead atoms. The first-order valence-corrected chi connectivity index (χ1v) is 9.91. The van der Waals surface area contributed by atoms with Gasteiger partial charge in [-0.3, -0.25) is 14.5 Å². The highest BCUT2D eigenvalue weighted by atomic mass is 32.2. The second-order valence-corrected chi connectivity index (χ2v) is 7.84. The van der Waals surface area contributed by atoms with Crippen LogP contribution in [0.2, 0.25) is 0 Å². The average molecular weight is 425 g/mol. The van der Waals surface area contributed by atoms with Crippen LogP contribution >= 0.6 is 24.0 Å². The lowest BCUT2D eigenvalue weighted by Crippen LogP contribution is -2.30. The second kappa shape index (κ2) is 8.06. The van der Waals surface area contributed by atoms with Crippen molar-refractivity contribution in [1.29, 1.82) is 0 Å². The van der Waals surface area contributed by atoms with Crippen molar-refractivity contribution in [3.05, 3.63) is 65.4 Å². The number of benzene rings is 1. The number of carboxylic acids is 1. The van der Waals surface area contributed by atoms with Gasteiger partial charge in [-0.1, -0.05) is 42.2 Å². The van der Waals surface area contributed by atoms with Crippen LogP contribution in [0.15, 0.2) is 64.2 Å². The van der Waals surface area contributed by atoms with Crippen molar-refractivity contribution in [2.24, 2.45) is 0 Å². The number of furan rings is 1. The Bertz CT molecular complexity index is 1100. The minimum absolute atomic E-state index is 0.0473. The standard InChI is InChI=1S/C20H15N3O4S2/c24-17(25)8-9-22-19(26)16(29-20(22)28)11-13-12-23(14-5-2-1-3-6-14)21-18(13)15-7-4-10-27-15/h1-7,10-12H,8-9H2,(H,24,25). The lowest BCUT2D eigenvalue weighted by atomic mass is 10.2. The normalized spacial score (nSPS) is 15.4. The summed E-state index contributed by atoms with van der Waals surface area (Å²) in [4.78, 5) is 25.3. The molecule has 1 aromatic carbocycles. The Balaban J connectivity index is 1.71. The van der Waals surface area contributed by atoms with Crippen molar-refractivity contribution < 1.29 is 19.1 Å². The molecule has 7 nitrogen and oxygen atoms in total. The quantitative estimate of drug-likeness (QED) is 0.475. The predicted octanol–water partition coefficient (Wildman–Crippen LogP) is 3.81. The number of rotatable bonds is 6. The third-order valence-electron chi connectivity index (χ3n) is 4.23. The number of para-hydroxylation sites is 1. The number of aromatic nitrogens is 2. The molecule has 0 atom stereocenters. The molecule has 0 spiro atoms. The number of carbonyl (C=O) groups excluding carboxylic acids is 1. The number of nitrogens with zero attached hydrogens (tertiary/aromatic N) is 3. The van der Waals surface area contributed by atoms with E-state index in [0.29, 0.717) is 26.2 Å². The lowest BCUT2D eigenvalue weighted by Gasteiger charge is -2.12. The molecule has 1 aliphatic rings. The van der Waals surface area contributed by atoms with Gasteiger partial charge < -0.3 is 9.52 Å². The molecular formula is C20H15N3O4S2. The van der Waals surface area contributed by atoms with Crippen molar-refractivity contribution in [2.45, 2.75) is 6.42 Å². The van der Waals surface area contributed by atoms with Gasteiger partial charge in [0, 0.05) is 18.3 Å². The SMILES string of the molecule is O=C(O)CCN1C(=O)C(=Cc2cn(-c3ccccc3)nc2-c2ccco2)SC1=S. The van der Waals surface area contributed by atoms with Crippen LogP contribution in [0.1, 0.15) is 12.0 Å². The summed E-state index contributed by atoms with van der Waals surface area (Å²) >= 11 is 6.40. The summed E-state index contributed by atoms with van der Waals surface area (Å²) in [5.41, 5.74) is 2.16. The maximum absolute atomic E-state index is 12.7. The van der Waals surface area contributed by atoms with E-state index in [0.717, 1.165) is 17.4 Å². The topological polar surface area (TPSA) is 88.6 Å². The van der Waals surface area contributed by atoms with Gasteiger partial charge in [0.1, 0.15) is 10.0 Å². The Labute approximate surface area is 175 Å². The summed E-state index contributed by atoms with van der Waals surface area (Å²) in [5, 5.41) is 13.5. The van der Waals surface area contributed by atoms with E-state index < -0.39 is 5.97 Å². The monoisotopic (exact) mass is 425 g/mol. The van der Waals surface area contributed by atoms with Gasteiger partial charge in [-0.2, -0.15) is 5.10 Å². The first-order chi connectivity index (χ1) is 14.0. The van der Waals surface area contributed by atoms with Gasteiger partial charge in [0.25, 0.3) is 5.91 Å². The van der Waals surface area contributed by atoms with E-state index in [1.807, 2.05) is 36.5 Å². The van der Waals surface area contributed by atoms with Gasteiger partial charge in [0.05, 0.1) is 23.3 Å². The number of thiocarbonyl (C=S) groups is 1. The number of thioether (sulfide) groups is 1. The molecule has 1 N–H and O–H groups in total. The predicted molar refractivity (Wildman–Crippen MR) is 113 cm³/mol. The van der Waals surface area contributed by atoms with Gasteiger partial charge in [0.15, 0.2) is 5.76 Å². The minimum atomic E-state index is -0.979. The van der Waals surface area contributed by atoms with Crippen molar-refractivity contribution >= 4 is 46.3 Å². The van der Waals surface area contributed by atoms with E-state index in [2.05, 4.69) is 5.10 Å². The van der Waals surface area contributed by atoms with Crippen molar-refractivity contribution in [3.8, 4) is 17.1 Å². The van der Waals surface area contributed by atoms with Crippen LogP contribution in [0.4, 0.5) is 0 Å². The van der Waals surface area contributed by atoms with E-state index in [-0.39, 0.29) is 18.9 Å². The fraction of sp³-hybridized carbons (Fsp3) is 0.100. The van der Waals surface area contributed by atoms with Gasteiger partial charge in [-0.15, -0.1) is 0 Å². The summed E-state index contributed by atoms with van der Waals surface area (Å²) in [7, 11) is 0. The zero-order valence-corrected chi connectivity index (χ0v) is 16.7. The Morgan fingerprint density at radius 1 is 1.24 bits per heavy atom. The molecule has 3 aromatic rings. The fourth-order valence-corrected chi connectivity index (χ4v) is 4.15. The molecule has 1 fully saturated rings. The van der Waals surface area contributed by atoms with Crippen molar-refractivity contribution in [1.82, 2.24) is 14.7 Å². The summed E-state index contributed by atoms with van der Waals surface area (Å²) in [6, 6.07) is 13.2. The van der Waals surface area contributed by atoms with E-state index in [9.17, 15) is 9.59 Å². The van der Waals surface area contributed by atoms with E-state index in [4.69, 9.17) is 21.7 Å². The van der Waals surface area contributed by atoms with Crippen LogP contribution in [-0.2, 0) is 9.59 Å². The highest BCUT2D eigenvalue weighted by molar-refractivity contribution is 8.26. The highest BCUT2D eigenvalue weighted by Crippen LogP contribution is 2.35. The fourth-order valence-electron chi connectivity index (χ4n) is 2.85. The van der Waals surface area contributed by atoms with Crippen LogP contribution in [0, 0.1) is 0 Å². The van der Waals surface area contributed by atoms with E-state index in [1.165, 1.54) is 4.90 Å². The van der Waals surface area contributed by atoms with Gasteiger partial charge >= 0.3 is 5.97 Å². The first kappa shape index (κ1) is 19.2. The number of hydrogen-bond donors (Lipinski definition) is 1. The number of aliphatic carboxylic acids is 1. The molecule has 2 aromatic heterocycles. The molecule has 0 saturated carbocycles. The molecule has 0 aliphatic carbocycles. The summed E-state index contributed by atoms with van der Waals surface area (Å²) in [5.74, 6) is -0.710. The molecule has 3 heterocycles. The highest BCUT2D eigenvalue weighted by Gasteiger charge is 2.32. The smallest absolute Gasteiger partial charge is 0.305 e. The molecule has 29 heavy (non-hydrogen) atoms. The second-order valence-electron chi connectivity index (χ2n) is 6.17. The molecule has 146 valence electrons. The molecule has 0 radical (unpaired) electrons. The first-order valence-electron chi connectivity index (χ1n) is 8.69. The third-order valence-corrected chi connectivity index (χ3v) is 5.61. The summed E-state index contributed by atoms with van der Waals surface area (Å²) < 4.78 is 7.57. The van der Waals surface area contributed by atoms with Crippen LogP contribution in [-0.4, -0.2) is 42.5 Å². The molecular weight excluding hydrogens is 410 g/mol. The van der Waals surface area contributed by atoms with E-state index >= 15 is 0 Å². The third kappa shape index (κ3) is 4.01. The Hall–Kier alpha value is -3.17. The largest absolute Gasteiger partial charge is 0.481 e. The molecule has 9 heteroatoms. The van der Waals surface area contributed by atoms with Crippen LogP contribution in [0.3, 0.4) is 0 Å². The lowest BCUT2D eigenvalue weighted by molar-refractivity contribution is -0.137. The number of carbonyl (C=O) groups is 2. The van der Waals surface area contributed by atoms with E-state index in [1.54, 1.807) is 29.2 Å². The Morgan fingerprint density at radius 2 is 2.03 bits per heavy atom. The molecule has 4 rings (SSSR count). The minimum Gasteiger partial charge on any atom is -0.481 e. The number of amides is 1. The maximum Gasteiger partial charge on any atom is 0.305 e. The molecule has 1 saturated heterocycles. The van der Waals surface area contributed by atoms with Crippen LogP contribution < -0.4 is 0 Å². The molecule has 1 aliphatic heterocycles. The maximum atomic E-state index is 12.7. The Morgan fingerprint density at radius 3 is 2.72 bits per heavy atom. The Kier molecular flexibility index (Phi) is 5.32. The molecule has 0 unspecified atom stereocenters. The average Bonchev–Trinajstić information content (AvgIpc) is 3.42. The van der Waals surface area contributed by atoms with Gasteiger partial charge in [0.2, 0.25) is 0 Å². The summed E-state index contributed by atoms with van der Waals surface area (Å²) in [6.45, 7) is 0.0473. The number of carboxylic acid groups (broad SMARTS) is 1.